The number of ether oxygens (including phenoxy) is 3. The fourth-order valence-electron chi connectivity index (χ4n) is 6.28. The molecule has 0 aliphatic carbocycles. The Morgan fingerprint density at radius 2 is 1.72 bits per heavy atom. The van der Waals surface area contributed by atoms with E-state index in [1.54, 1.807) is 24.3 Å². The largest absolute Gasteiger partial charge is 0.486 e. The van der Waals surface area contributed by atoms with Crippen LogP contribution in [0.1, 0.15) is 52.8 Å². The lowest BCUT2D eigenvalue weighted by atomic mass is 10.1. The first-order chi connectivity index (χ1) is 22.5. The van der Waals surface area contributed by atoms with Gasteiger partial charge in [0.25, 0.3) is 11.8 Å². The van der Waals surface area contributed by atoms with E-state index in [4.69, 9.17) is 14.2 Å². The number of hydrogen-bond donors (Lipinski definition) is 2. The number of benzene rings is 3. The molecule has 0 saturated carbocycles. The van der Waals surface area contributed by atoms with Crippen molar-refractivity contribution >= 4 is 50.7 Å². The Hall–Kier alpha value is -4.68. The molecule has 0 unspecified atom stereocenters. The minimum absolute atomic E-state index is 0.0439. The summed E-state index contributed by atoms with van der Waals surface area (Å²) in [5, 5.41) is 6.33. The average molecular weight is 659 g/mol. The van der Waals surface area contributed by atoms with Gasteiger partial charge in [-0.3, -0.25) is 14.5 Å². The summed E-state index contributed by atoms with van der Waals surface area (Å²) < 4.78 is 32.4. The van der Waals surface area contributed by atoms with Crippen molar-refractivity contribution in [2.45, 2.75) is 51.4 Å². The second-order valence-electron chi connectivity index (χ2n) is 13.0. The summed E-state index contributed by atoms with van der Waals surface area (Å²) in [6.07, 6.45) is 0.688. The molecule has 47 heavy (non-hydrogen) atoms. The van der Waals surface area contributed by atoms with Crippen molar-refractivity contribution in [3.05, 3.63) is 82.5 Å². The van der Waals surface area contributed by atoms with Gasteiger partial charge in [0.2, 0.25) is 0 Å². The maximum Gasteiger partial charge on any atom is 0.410 e. The van der Waals surface area contributed by atoms with Crippen molar-refractivity contribution in [3.8, 4) is 11.5 Å². The summed E-state index contributed by atoms with van der Waals surface area (Å²) in [7, 11) is 0. The van der Waals surface area contributed by atoms with Crippen molar-refractivity contribution in [1.82, 2.24) is 9.80 Å². The highest BCUT2D eigenvalue weighted by atomic mass is 32.1. The van der Waals surface area contributed by atoms with Gasteiger partial charge in [0, 0.05) is 47.7 Å². The van der Waals surface area contributed by atoms with Gasteiger partial charge < -0.3 is 29.7 Å². The van der Waals surface area contributed by atoms with Gasteiger partial charge in [-0.2, -0.15) is 0 Å². The van der Waals surface area contributed by atoms with Crippen LogP contribution in [0.4, 0.5) is 20.6 Å². The number of carbonyl (C=O) groups is 3. The van der Waals surface area contributed by atoms with Gasteiger partial charge in [-0.1, -0.05) is 12.1 Å². The summed E-state index contributed by atoms with van der Waals surface area (Å²) >= 11 is 1.34. The van der Waals surface area contributed by atoms with Gasteiger partial charge in [-0.15, -0.1) is 11.3 Å². The average Bonchev–Trinajstić information content (AvgIpc) is 3.76. The quantitative estimate of drug-likeness (QED) is 0.243. The first-order valence-corrected chi connectivity index (χ1v) is 16.4. The number of piperazine rings is 1. The molecular formula is C35H35FN4O6S. The molecule has 2 bridgehead atoms. The highest BCUT2D eigenvalue weighted by Gasteiger charge is 2.46. The molecule has 244 valence electrons. The number of likely N-dealkylation sites (tertiary alicyclic amines) is 2. The van der Waals surface area contributed by atoms with Crippen LogP contribution < -0.4 is 20.1 Å². The van der Waals surface area contributed by atoms with Crippen LogP contribution in [0.3, 0.4) is 0 Å². The zero-order valence-electron chi connectivity index (χ0n) is 26.3. The molecule has 2 N–H and O–H groups in total. The van der Waals surface area contributed by atoms with E-state index < -0.39 is 23.2 Å². The standard InChI is InChI=1S/C35H35FN4O6S/c1-35(2,3)46-34(43)40-19-24-16-25(40)18-39(24)17-20-4-5-21-14-31(47-30(21)12-20)33(42)38-27-15-23(7-8-26(27)36)37-32(41)22-6-9-28-29(13-22)45-11-10-44-28/h4-9,12-15,24-25H,10-11,16-19H2,1-3H3,(H,37,41)(H,38,42)/t24-,25-/m0/s1. The molecule has 2 atom stereocenters. The molecule has 3 aromatic carbocycles. The second kappa shape index (κ2) is 12.2. The molecule has 0 spiro atoms. The first kappa shape index (κ1) is 30.9. The van der Waals surface area contributed by atoms with E-state index >= 15 is 0 Å². The van der Waals surface area contributed by atoms with Crippen LogP contribution in [0.15, 0.2) is 60.7 Å². The number of anilines is 2. The fourth-order valence-corrected chi connectivity index (χ4v) is 7.30. The van der Waals surface area contributed by atoms with E-state index in [0.29, 0.717) is 47.4 Å². The van der Waals surface area contributed by atoms with Crippen LogP contribution in [0.25, 0.3) is 10.1 Å². The van der Waals surface area contributed by atoms with Crippen molar-refractivity contribution in [2.24, 2.45) is 0 Å². The molecule has 1 aromatic heterocycles. The van der Waals surface area contributed by atoms with E-state index in [2.05, 4.69) is 27.7 Å². The van der Waals surface area contributed by atoms with Crippen LogP contribution in [0.5, 0.6) is 11.5 Å². The third kappa shape index (κ3) is 6.61. The van der Waals surface area contributed by atoms with Gasteiger partial charge >= 0.3 is 6.09 Å². The molecule has 12 heteroatoms. The molecule has 4 heterocycles. The third-order valence-electron chi connectivity index (χ3n) is 8.45. The molecule has 4 aromatic rings. The number of thiophene rings is 1. The van der Waals surface area contributed by atoms with Gasteiger partial charge in [-0.05, 0) is 86.7 Å². The second-order valence-corrected chi connectivity index (χ2v) is 14.1. The van der Waals surface area contributed by atoms with E-state index in [0.717, 1.165) is 35.2 Å². The Labute approximate surface area is 275 Å². The van der Waals surface area contributed by atoms with Crippen molar-refractivity contribution in [1.29, 1.82) is 0 Å². The molecule has 0 radical (unpaired) electrons. The monoisotopic (exact) mass is 658 g/mol. The zero-order valence-corrected chi connectivity index (χ0v) is 27.1. The molecule has 10 nitrogen and oxygen atoms in total. The summed E-state index contributed by atoms with van der Waals surface area (Å²) in [6, 6.07) is 17.3. The number of halogens is 1. The normalized spacial score (nSPS) is 18.8. The van der Waals surface area contributed by atoms with Crippen molar-refractivity contribution in [3.63, 3.8) is 0 Å². The van der Waals surface area contributed by atoms with Gasteiger partial charge in [0.15, 0.2) is 11.5 Å². The Morgan fingerprint density at radius 1 is 0.915 bits per heavy atom. The summed E-state index contributed by atoms with van der Waals surface area (Å²) in [4.78, 5) is 43.4. The number of rotatable bonds is 6. The minimum Gasteiger partial charge on any atom is -0.486 e. The lowest BCUT2D eigenvalue weighted by molar-refractivity contribution is 0.0124. The Balaban J connectivity index is 0.985. The van der Waals surface area contributed by atoms with Crippen LogP contribution in [0.2, 0.25) is 0 Å². The summed E-state index contributed by atoms with van der Waals surface area (Å²) in [5.41, 5.74) is 1.24. The molecule has 3 aliphatic heterocycles. The van der Waals surface area contributed by atoms with Crippen LogP contribution >= 0.6 is 11.3 Å². The smallest absolute Gasteiger partial charge is 0.410 e. The highest BCUT2D eigenvalue weighted by molar-refractivity contribution is 7.20. The maximum atomic E-state index is 14.8. The van der Waals surface area contributed by atoms with Gasteiger partial charge in [0.05, 0.1) is 10.6 Å². The predicted molar refractivity (Wildman–Crippen MR) is 177 cm³/mol. The molecule has 3 amide bonds. The van der Waals surface area contributed by atoms with Crippen molar-refractivity contribution in [2.75, 3.05) is 36.9 Å². The lowest BCUT2D eigenvalue weighted by Gasteiger charge is -2.35. The lowest BCUT2D eigenvalue weighted by Crippen LogP contribution is -2.49. The van der Waals surface area contributed by atoms with Crippen LogP contribution in [-0.4, -0.2) is 71.7 Å². The zero-order chi connectivity index (χ0) is 32.9. The van der Waals surface area contributed by atoms with E-state index in [1.165, 1.54) is 29.5 Å². The topological polar surface area (TPSA) is 109 Å². The van der Waals surface area contributed by atoms with Crippen molar-refractivity contribution < 1.29 is 33.0 Å². The molecular weight excluding hydrogens is 623 g/mol. The van der Waals surface area contributed by atoms with E-state index in [1.807, 2.05) is 31.7 Å². The number of hydrogen-bond acceptors (Lipinski definition) is 8. The van der Waals surface area contributed by atoms with Gasteiger partial charge in [0.1, 0.15) is 24.6 Å². The van der Waals surface area contributed by atoms with Crippen LogP contribution in [-0.2, 0) is 11.3 Å². The molecule has 7 rings (SSSR count). The SMILES string of the molecule is CC(C)(C)OC(=O)N1C[C@@H]2C[C@H]1CN2Cc1ccc2cc(C(=O)Nc3cc(NC(=O)c4ccc5c(c4)OCCO5)ccc3F)sc2c1. The maximum absolute atomic E-state index is 14.8. The number of fused-ring (bicyclic) bond motifs is 4. The van der Waals surface area contributed by atoms with Gasteiger partial charge in [-0.25, -0.2) is 9.18 Å². The molecule has 2 saturated heterocycles. The van der Waals surface area contributed by atoms with E-state index in [-0.39, 0.29) is 23.9 Å². The number of nitrogens with zero attached hydrogens (tertiary/aromatic N) is 2. The number of nitrogens with one attached hydrogen (secondary N) is 2. The highest BCUT2D eigenvalue weighted by Crippen LogP contribution is 2.35. The Kier molecular flexibility index (Phi) is 8.01. The molecule has 3 aliphatic rings. The number of amides is 3. The fraction of sp³-hybridized carbons (Fsp3) is 0.343. The Morgan fingerprint density at radius 3 is 2.49 bits per heavy atom. The van der Waals surface area contributed by atoms with Crippen LogP contribution in [0, 0.1) is 5.82 Å². The third-order valence-corrected chi connectivity index (χ3v) is 9.55. The summed E-state index contributed by atoms with van der Waals surface area (Å²) in [6.45, 7) is 8.68. The molecule has 2 fully saturated rings. The predicted octanol–water partition coefficient (Wildman–Crippen LogP) is 6.51. The Bertz CT molecular complexity index is 1890. The van der Waals surface area contributed by atoms with E-state index in [9.17, 15) is 18.8 Å². The minimum atomic E-state index is -0.621. The first-order valence-electron chi connectivity index (χ1n) is 15.6. The number of carbonyl (C=O) groups excluding carboxylic acids is 3. The summed E-state index contributed by atoms with van der Waals surface area (Å²) in [5.74, 6) is -0.414.